The van der Waals surface area contributed by atoms with Crippen LogP contribution >= 0.6 is 0 Å². The van der Waals surface area contributed by atoms with Crippen molar-refractivity contribution in [2.24, 2.45) is 12.8 Å². The Morgan fingerprint density at radius 2 is 2.18 bits per heavy atom. The van der Waals surface area contributed by atoms with Gasteiger partial charge in [0, 0.05) is 31.3 Å². The van der Waals surface area contributed by atoms with Crippen molar-refractivity contribution in [3.63, 3.8) is 0 Å². The van der Waals surface area contributed by atoms with Crippen molar-refractivity contribution >= 4 is 0 Å². The van der Waals surface area contributed by atoms with Gasteiger partial charge in [0.25, 0.3) is 0 Å². The summed E-state index contributed by atoms with van der Waals surface area (Å²) in [4.78, 5) is 0. The zero-order valence-electron chi connectivity index (χ0n) is 10.6. The maximum atomic E-state index is 5.86. The van der Waals surface area contributed by atoms with E-state index in [9.17, 15) is 0 Å². The number of nitrogens with two attached hydrogens (primary N) is 1. The molecule has 0 aliphatic rings. The van der Waals surface area contributed by atoms with Crippen LogP contribution in [-0.2, 0) is 13.5 Å². The minimum Gasteiger partial charge on any atom is -0.328 e. The Labute approximate surface area is 102 Å². The molecule has 1 aromatic heterocycles. The number of rotatable bonds is 3. The number of hydrogen-bond donors (Lipinski definition) is 1. The number of nitrogens with zero attached hydrogens (tertiary/aromatic N) is 2. The van der Waals surface area contributed by atoms with Crippen LogP contribution < -0.4 is 5.73 Å². The Morgan fingerprint density at radius 1 is 1.41 bits per heavy atom. The molecular weight excluding hydrogens is 210 g/mol. The van der Waals surface area contributed by atoms with Gasteiger partial charge in [-0.05, 0) is 19.4 Å². The zero-order chi connectivity index (χ0) is 12.4. The Kier molecular flexibility index (Phi) is 3.29. The molecule has 0 radical (unpaired) electrons. The maximum absolute atomic E-state index is 5.86. The lowest BCUT2D eigenvalue weighted by molar-refractivity contribution is 0.686. The van der Waals surface area contributed by atoms with Crippen LogP contribution in [0.25, 0.3) is 11.1 Å². The number of benzene rings is 1. The summed E-state index contributed by atoms with van der Waals surface area (Å²) in [5.41, 5.74) is 10.6. The fourth-order valence-corrected chi connectivity index (χ4v) is 2.04. The standard InChI is InChI=1S/C14H19N3/c1-10-5-4-6-12(7-10)13-9-17(3)16-14(13)8-11(2)15/h4-7,9,11H,8,15H2,1-3H3. The van der Waals surface area contributed by atoms with Gasteiger partial charge in [-0.25, -0.2) is 0 Å². The van der Waals surface area contributed by atoms with Gasteiger partial charge in [0.1, 0.15) is 0 Å². The molecule has 1 heterocycles. The van der Waals surface area contributed by atoms with Gasteiger partial charge in [0.15, 0.2) is 0 Å². The topological polar surface area (TPSA) is 43.8 Å². The normalized spacial score (nSPS) is 12.7. The highest BCUT2D eigenvalue weighted by Crippen LogP contribution is 2.24. The fraction of sp³-hybridized carbons (Fsp3) is 0.357. The minimum atomic E-state index is 0.133. The van der Waals surface area contributed by atoms with Gasteiger partial charge in [-0.15, -0.1) is 0 Å². The van der Waals surface area contributed by atoms with Crippen molar-refractivity contribution in [2.75, 3.05) is 0 Å². The highest BCUT2D eigenvalue weighted by molar-refractivity contribution is 5.66. The van der Waals surface area contributed by atoms with E-state index >= 15 is 0 Å². The number of aryl methyl sites for hydroxylation is 2. The Morgan fingerprint density at radius 3 is 2.82 bits per heavy atom. The highest BCUT2D eigenvalue weighted by Gasteiger charge is 2.11. The smallest absolute Gasteiger partial charge is 0.0718 e. The molecule has 0 saturated heterocycles. The molecule has 2 rings (SSSR count). The van der Waals surface area contributed by atoms with E-state index in [0.717, 1.165) is 12.1 Å². The number of aromatic nitrogens is 2. The molecule has 0 saturated carbocycles. The lowest BCUT2D eigenvalue weighted by atomic mass is 10.0. The van der Waals surface area contributed by atoms with Crippen molar-refractivity contribution in [1.82, 2.24) is 9.78 Å². The molecule has 1 aromatic carbocycles. The Bertz CT molecular complexity index is 512. The van der Waals surface area contributed by atoms with Crippen LogP contribution in [0.1, 0.15) is 18.2 Å². The molecule has 1 unspecified atom stereocenters. The van der Waals surface area contributed by atoms with Gasteiger partial charge in [0.05, 0.1) is 5.69 Å². The largest absolute Gasteiger partial charge is 0.328 e. The van der Waals surface area contributed by atoms with Gasteiger partial charge in [-0.3, -0.25) is 4.68 Å². The molecule has 0 bridgehead atoms. The van der Waals surface area contributed by atoms with E-state index in [1.165, 1.54) is 16.7 Å². The molecule has 0 aliphatic heterocycles. The van der Waals surface area contributed by atoms with E-state index in [1.807, 2.05) is 18.7 Å². The number of hydrogen-bond acceptors (Lipinski definition) is 2. The predicted molar refractivity (Wildman–Crippen MR) is 70.7 cm³/mol. The molecule has 90 valence electrons. The van der Waals surface area contributed by atoms with E-state index in [0.29, 0.717) is 0 Å². The molecule has 0 spiro atoms. The molecule has 2 aromatic rings. The SMILES string of the molecule is Cc1cccc(-c2cn(C)nc2CC(C)N)c1. The van der Waals surface area contributed by atoms with Crippen LogP contribution in [0.3, 0.4) is 0 Å². The first-order chi connectivity index (χ1) is 8.06. The summed E-state index contributed by atoms with van der Waals surface area (Å²) >= 11 is 0. The van der Waals surface area contributed by atoms with Crippen molar-refractivity contribution in [2.45, 2.75) is 26.3 Å². The maximum Gasteiger partial charge on any atom is 0.0718 e. The molecule has 0 aliphatic carbocycles. The van der Waals surface area contributed by atoms with Crippen LogP contribution in [0, 0.1) is 6.92 Å². The molecule has 17 heavy (non-hydrogen) atoms. The second-order valence-electron chi connectivity index (χ2n) is 4.71. The van der Waals surface area contributed by atoms with Crippen molar-refractivity contribution < 1.29 is 0 Å². The van der Waals surface area contributed by atoms with Crippen molar-refractivity contribution in [3.05, 3.63) is 41.7 Å². The first-order valence-corrected chi connectivity index (χ1v) is 5.91. The van der Waals surface area contributed by atoms with E-state index in [4.69, 9.17) is 5.73 Å². The fourth-order valence-electron chi connectivity index (χ4n) is 2.04. The lowest BCUT2D eigenvalue weighted by Crippen LogP contribution is -2.18. The molecule has 0 fully saturated rings. The van der Waals surface area contributed by atoms with Crippen LogP contribution in [0.15, 0.2) is 30.5 Å². The summed E-state index contributed by atoms with van der Waals surface area (Å²) in [6, 6.07) is 8.61. The second-order valence-corrected chi connectivity index (χ2v) is 4.71. The van der Waals surface area contributed by atoms with E-state index in [-0.39, 0.29) is 6.04 Å². The molecule has 0 amide bonds. The summed E-state index contributed by atoms with van der Waals surface area (Å²) in [6.45, 7) is 4.11. The van der Waals surface area contributed by atoms with Gasteiger partial charge < -0.3 is 5.73 Å². The van der Waals surface area contributed by atoms with Crippen LogP contribution in [-0.4, -0.2) is 15.8 Å². The molecular formula is C14H19N3. The van der Waals surface area contributed by atoms with Crippen LogP contribution in [0.4, 0.5) is 0 Å². The third-order valence-electron chi connectivity index (χ3n) is 2.75. The van der Waals surface area contributed by atoms with Crippen molar-refractivity contribution in [3.8, 4) is 11.1 Å². The third-order valence-corrected chi connectivity index (χ3v) is 2.75. The summed E-state index contributed by atoms with van der Waals surface area (Å²) in [6.07, 6.45) is 2.87. The first-order valence-electron chi connectivity index (χ1n) is 5.91. The van der Waals surface area contributed by atoms with Gasteiger partial charge >= 0.3 is 0 Å². The van der Waals surface area contributed by atoms with Gasteiger partial charge in [-0.1, -0.05) is 29.8 Å². The monoisotopic (exact) mass is 229 g/mol. The molecule has 1 atom stereocenters. The average Bonchev–Trinajstić information content (AvgIpc) is 2.58. The minimum absolute atomic E-state index is 0.133. The predicted octanol–water partition coefficient (Wildman–Crippen LogP) is 2.29. The second kappa shape index (κ2) is 4.72. The molecule has 2 N–H and O–H groups in total. The molecule has 3 heteroatoms. The summed E-state index contributed by atoms with van der Waals surface area (Å²) in [7, 11) is 1.95. The zero-order valence-corrected chi connectivity index (χ0v) is 10.6. The quantitative estimate of drug-likeness (QED) is 0.877. The molecule has 3 nitrogen and oxygen atoms in total. The lowest BCUT2D eigenvalue weighted by Gasteiger charge is -2.05. The van der Waals surface area contributed by atoms with Crippen LogP contribution in [0.2, 0.25) is 0 Å². The van der Waals surface area contributed by atoms with Gasteiger partial charge in [0.2, 0.25) is 0 Å². The summed E-state index contributed by atoms with van der Waals surface area (Å²) in [5, 5.41) is 4.49. The first kappa shape index (κ1) is 11.9. The Balaban J connectivity index is 2.44. The third kappa shape index (κ3) is 2.74. The highest BCUT2D eigenvalue weighted by atomic mass is 15.3. The van der Waals surface area contributed by atoms with E-state index in [2.05, 4.69) is 42.5 Å². The summed E-state index contributed by atoms with van der Waals surface area (Å²) < 4.78 is 1.86. The average molecular weight is 229 g/mol. The Hall–Kier alpha value is -1.61. The van der Waals surface area contributed by atoms with E-state index < -0.39 is 0 Å². The van der Waals surface area contributed by atoms with E-state index in [1.54, 1.807) is 0 Å². The summed E-state index contributed by atoms with van der Waals surface area (Å²) in [5.74, 6) is 0. The van der Waals surface area contributed by atoms with Crippen molar-refractivity contribution in [1.29, 1.82) is 0 Å². The van der Waals surface area contributed by atoms with Gasteiger partial charge in [-0.2, -0.15) is 5.10 Å². The van der Waals surface area contributed by atoms with Crippen LogP contribution in [0.5, 0.6) is 0 Å².